The first-order valence-corrected chi connectivity index (χ1v) is 9.42. The van der Waals surface area contributed by atoms with Crippen molar-refractivity contribution in [2.75, 3.05) is 11.1 Å². The van der Waals surface area contributed by atoms with Gasteiger partial charge in [0.15, 0.2) is 0 Å². The number of carboxylic acid groups (broad SMARTS) is 1. The zero-order chi connectivity index (χ0) is 16.5. The van der Waals surface area contributed by atoms with Gasteiger partial charge >= 0.3 is 5.97 Å². The normalized spacial score (nSPS) is 10.4. The topological polar surface area (TPSA) is 66.4 Å². The number of anilines is 1. The summed E-state index contributed by atoms with van der Waals surface area (Å²) in [6, 6.07) is 9.73. The van der Waals surface area contributed by atoms with E-state index in [2.05, 4.69) is 10.7 Å². The Morgan fingerprint density at radius 2 is 2.04 bits per heavy atom. The number of nitrogens with one attached hydrogen (secondary N) is 1. The van der Waals surface area contributed by atoms with Crippen molar-refractivity contribution in [3.63, 3.8) is 0 Å². The summed E-state index contributed by atoms with van der Waals surface area (Å²) in [5.74, 6) is 0.564. The van der Waals surface area contributed by atoms with E-state index in [1.54, 1.807) is 23.1 Å². The van der Waals surface area contributed by atoms with Gasteiger partial charge in [0.1, 0.15) is 0 Å². The molecule has 0 bridgehead atoms. The SMILES string of the molecule is O=C(O)CCSCc1cccc(NC(=O)CCc2ccsc2)c1. The van der Waals surface area contributed by atoms with Crippen LogP contribution in [0, 0.1) is 0 Å². The molecule has 0 saturated heterocycles. The molecular weight excluding hydrogens is 330 g/mol. The third-order valence-corrected chi connectivity index (χ3v) is 4.92. The fraction of sp³-hybridized carbons (Fsp3) is 0.294. The number of thioether (sulfide) groups is 1. The van der Waals surface area contributed by atoms with Gasteiger partial charge in [0.2, 0.25) is 5.91 Å². The molecule has 1 heterocycles. The number of carbonyl (C=O) groups is 2. The van der Waals surface area contributed by atoms with Crippen LogP contribution in [0.4, 0.5) is 5.69 Å². The molecule has 23 heavy (non-hydrogen) atoms. The van der Waals surface area contributed by atoms with E-state index in [4.69, 9.17) is 5.11 Å². The predicted molar refractivity (Wildman–Crippen MR) is 96.1 cm³/mol. The van der Waals surface area contributed by atoms with Crippen LogP contribution in [0.5, 0.6) is 0 Å². The van der Waals surface area contributed by atoms with Crippen molar-refractivity contribution in [3.8, 4) is 0 Å². The van der Waals surface area contributed by atoms with Gasteiger partial charge in [0, 0.05) is 23.6 Å². The summed E-state index contributed by atoms with van der Waals surface area (Å²) >= 11 is 3.22. The molecule has 0 fully saturated rings. The molecular formula is C17H19NO3S2. The lowest BCUT2D eigenvalue weighted by Crippen LogP contribution is -2.12. The molecule has 1 aromatic heterocycles. The molecule has 0 spiro atoms. The Labute approximate surface area is 143 Å². The second-order valence-electron chi connectivity index (χ2n) is 5.08. The number of thiophene rings is 1. The highest BCUT2D eigenvalue weighted by Crippen LogP contribution is 2.17. The highest BCUT2D eigenvalue weighted by molar-refractivity contribution is 7.98. The van der Waals surface area contributed by atoms with Crippen LogP contribution in [-0.2, 0) is 21.8 Å². The van der Waals surface area contributed by atoms with Crippen molar-refractivity contribution in [3.05, 3.63) is 52.2 Å². The lowest BCUT2D eigenvalue weighted by molar-refractivity contribution is -0.136. The standard InChI is InChI=1S/C17H19NO3S2/c19-16(5-4-13-6-8-22-11-13)18-15-3-1-2-14(10-15)12-23-9-7-17(20)21/h1-3,6,8,10-11H,4-5,7,9,12H2,(H,18,19)(H,20,21). The number of hydrogen-bond acceptors (Lipinski definition) is 4. The average molecular weight is 349 g/mol. The van der Waals surface area contributed by atoms with Gasteiger partial charge in [0.05, 0.1) is 6.42 Å². The number of amides is 1. The van der Waals surface area contributed by atoms with Crippen LogP contribution >= 0.6 is 23.1 Å². The summed E-state index contributed by atoms with van der Waals surface area (Å²) in [7, 11) is 0. The van der Waals surface area contributed by atoms with Gasteiger partial charge < -0.3 is 10.4 Å². The van der Waals surface area contributed by atoms with Crippen molar-refractivity contribution in [1.29, 1.82) is 0 Å². The highest BCUT2D eigenvalue weighted by atomic mass is 32.2. The first kappa shape index (κ1) is 17.6. The largest absolute Gasteiger partial charge is 0.481 e. The third-order valence-electron chi connectivity index (χ3n) is 3.16. The maximum Gasteiger partial charge on any atom is 0.304 e. The van der Waals surface area contributed by atoms with Crippen LogP contribution in [0.1, 0.15) is 24.0 Å². The van der Waals surface area contributed by atoms with Gasteiger partial charge in [-0.15, -0.1) is 0 Å². The van der Waals surface area contributed by atoms with Crippen LogP contribution in [-0.4, -0.2) is 22.7 Å². The molecule has 0 atom stereocenters. The monoisotopic (exact) mass is 349 g/mol. The zero-order valence-corrected chi connectivity index (χ0v) is 14.3. The lowest BCUT2D eigenvalue weighted by atomic mass is 10.2. The van der Waals surface area contributed by atoms with Crippen LogP contribution < -0.4 is 5.32 Å². The highest BCUT2D eigenvalue weighted by Gasteiger charge is 2.05. The Kier molecular flexibility index (Phi) is 7.16. The quantitative estimate of drug-likeness (QED) is 0.671. The summed E-state index contributed by atoms with van der Waals surface area (Å²) < 4.78 is 0. The summed E-state index contributed by atoms with van der Waals surface area (Å²) in [5, 5.41) is 15.6. The van der Waals surface area contributed by atoms with E-state index in [1.165, 1.54) is 5.56 Å². The van der Waals surface area contributed by atoms with E-state index in [9.17, 15) is 9.59 Å². The maximum atomic E-state index is 12.0. The molecule has 0 saturated carbocycles. The molecule has 0 aliphatic rings. The number of carboxylic acids is 1. The molecule has 2 N–H and O–H groups in total. The first-order chi connectivity index (χ1) is 11.1. The third kappa shape index (κ3) is 6.88. The lowest BCUT2D eigenvalue weighted by Gasteiger charge is -2.07. The summed E-state index contributed by atoms with van der Waals surface area (Å²) in [5.41, 5.74) is 3.06. The van der Waals surface area contributed by atoms with E-state index in [0.29, 0.717) is 12.2 Å². The zero-order valence-electron chi connectivity index (χ0n) is 12.7. The molecule has 4 nitrogen and oxygen atoms in total. The van der Waals surface area contributed by atoms with Crippen molar-refractivity contribution in [2.24, 2.45) is 0 Å². The Hall–Kier alpha value is -1.79. The van der Waals surface area contributed by atoms with Crippen LogP contribution in [0.15, 0.2) is 41.1 Å². The molecule has 1 amide bonds. The Morgan fingerprint density at radius 3 is 2.78 bits per heavy atom. The molecule has 6 heteroatoms. The minimum absolute atomic E-state index is 0.00637. The molecule has 1 aromatic carbocycles. The number of aliphatic carboxylic acids is 1. The van der Waals surface area contributed by atoms with Crippen molar-refractivity contribution >= 4 is 40.7 Å². The van der Waals surface area contributed by atoms with E-state index in [1.807, 2.05) is 35.7 Å². The average Bonchev–Trinajstić information content (AvgIpc) is 3.03. The van der Waals surface area contributed by atoms with E-state index < -0.39 is 5.97 Å². The van der Waals surface area contributed by atoms with E-state index in [-0.39, 0.29) is 12.3 Å². The van der Waals surface area contributed by atoms with Crippen molar-refractivity contribution < 1.29 is 14.7 Å². The summed E-state index contributed by atoms with van der Waals surface area (Å²) in [6.45, 7) is 0. The molecule has 2 rings (SSSR count). The second kappa shape index (κ2) is 9.37. The Morgan fingerprint density at radius 1 is 1.17 bits per heavy atom. The number of hydrogen-bond donors (Lipinski definition) is 2. The molecule has 0 radical (unpaired) electrons. The minimum Gasteiger partial charge on any atom is -0.481 e. The van der Waals surface area contributed by atoms with E-state index >= 15 is 0 Å². The Bertz CT molecular complexity index is 641. The number of aryl methyl sites for hydroxylation is 1. The smallest absolute Gasteiger partial charge is 0.304 e. The van der Waals surface area contributed by atoms with Gasteiger partial charge in [-0.2, -0.15) is 23.1 Å². The summed E-state index contributed by atoms with van der Waals surface area (Å²) in [6.07, 6.45) is 1.39. The molecule has 122 valence electrons. The summed E-state index contributed by atoms with van der Waals surface area (Å²) in [4.78, 5) is 22.4. The van der Waals surface area contributed by atoms with E-state index in [0.717, 1.165) is 23.4 Å². The van der Waals surface area contributed by atoms with Crippen molar-refractivity contribution in [1.82, 2.24) is 0 Å². The molecule has 2 aromatic rings. The van der Waals surface area contributed by atoms with Gasteiger partial charge in [-0.1, -0.05) is 12.1 Å². The molecule has 0 aliphatic heterocycles. The van der Waals surface area contributed by atoms with Crippen LogP contribution in [0.3, 0.4) is 0 Å². The number of rotatable bonds is 9. The first-order valence-electron chi connectivity index (χ1n) is 7.33. The Balaban J connectivity index is 1.77. The minimum atomic E-state index is -0.774. The van der Waals surface area contributed by atoms with Gasteiger partial charge in [0.25, 0.3) is 0 Å². The van der Waals surface area contributed by atoms with Crippen LogP contribution in [0.25, 0.3) is 0 Å². The molecule has 0 aliphatic carbocycles. The van der Waals surface area contributed by atoms with Crippen LogP contribution in [0.2, 0.25) is 0 Å². The fourth-order valence-electron chi connectivity index (χ4n) is 2.00. The molecule has 0 unspecified atom stereocenters. The maximum absolute atomic E-state index is 12.0. The predicted octanol–water partition coefficient (Wildman–Crippen LogP) is 4.03. The number of carbonyl (C=O) groups excluding carboxylic acids is 1. The number of benzene rings is 1. The van der Waals surface area contributed by atoms with Gasteiger partial charge in [-0.05, 0) is 46.5 Å². The van der Waals surface area contributed by atoms with Gasteiger partial charge in [-0.25, -0.2) is 0 Å². The van der Waals surface area contributed by atoms with Gasteiger partial charge in [-0.3, -0.25) is 9.59 Å². The second-order valence-corrected chi connectivity index (χ2v) is 6.96. The van der Waals surface area contributed by atoms with Crippen molar-refractivity contribution in [2.45, 2.75) is 25.0 Å². The fourth-order valence-corrected chi connectivity index (χ4v) is 3.59.